The molecule has 3 rings (SSSR count). The minimum atomic E-state index is 0.741. The van der Waals surface area contributed by atoms with Crippen LogP contribution in [0.5, 0.6) is 0 Å². The Labute approximate surface area is 136 Å². The number of hydrogen-bond donors (Lipinski definition) is 0. The van der Waals surface area contributed by atoms with Crippen molar-refractivity contribution >= 4 is 11.8 Å². The number of likely N-dealkylation sites (tertiary alicyclic amines) is 2. The Balaban J connectivity index is 1.36. The first-order chi connectivity index (χ1) is 10.1. The molecule has 0 radical (unpaired) electrons. The molecule has 0 bridgehead atoms. The summed E-state index contributed by atoms with van der Waals surface area (Å²) in [7, 11) is 0. The van der Waals surface area contributed by atoms with E-state index in [9.17, 15) is 0 Å². The Morgan fingerprint density at radius 3 is 2.19 bits per heavy atom. The minimum absolute atomic E-state index is 0.741. The molecule has 0 aromatic rings. The first-order valence-corrected chi connectivity index (χ1v) is 10.4. The van der Waals surface area contributed by atoms with Gasteiger partial charge >= 0.3 is 0 Å². The van der Waals surface area contributed by atoms with Gasteiger partial charge in [-0.1, -0.05) is 0 Å². The van der Waals surface area contributed by atoms with Gasteiger partial charge in [0.15, 0.2) is 0 Å². The van der Waals surface area contributed by atoms with E-state index in [1.807, 2.05) is 0 Å². The normalized spacial score (nSPS) is 29.1. The van der Waals surface area contributed by atoms with Crippen LogP contribution >= 0.6 is 11.8 Å². The van der Waals surface area contributed by atoms with Crippen molar-refractivity contribution in [2.75, 3.05) is 39.0 Å². The topological polar surface area (TPSA) is 6.48 Å². The Morgan fingerprint density at radius 1 is 1.05 bits per heavy atom. The largest absolute Gasteiger partial charge is 0.302 e. The molecule has 0 atom stereocenters. The Kier molecular flexibility index (Phi) is 5.23. The highest BCUT2D eigenvalue weighted by atomic mass is 32.2. The summed E-state index contributed by atoms with van der Waals surface area (Å²) in [6.45, 7) is 11.6. The first-order valence-electron chi connectivity index (χ1n) is 9.09. The van der Waals surface area contributed by atoms with Gasteiger partial charge in [0.1, 0.15) is 0 Å². The quantitative estimate of drug-likeness (QED) is 0.781. The van der Waals surface area contributed by atoms with Crippen LogP contribution in [-0.2, 0) is 0 Å². The molecular formula is C18H34N2S. The van der Waals surface area contributed by atoms with Crippen LogP contribution < -0.4 is 0 Å². The van der Waals surface area contributed by atoms with Gasteiger partial charge < -0.3 is 9.80 Å². The van der Waals surface area contributed by atoms with E-state index in [2.05, 4.69) is 41.7 Å². The Bertz CT molecular complexity index is 320. The maximum absolute atomic E-state index is 2.77. The zero-order valence-electron chi connectivity index (χ0n) is 14.3. The van der Waals surface area contributed by atoms with Gasteiger partial charge in [-0.3, -0.25) is 0 Å². The fraction of sp³-hybridized carbons (Fsp3) is 1.00. The highest BCUT2D eigenvalue weighted by Gasteiger charge is 2.45. The second-order valence-electron chi connectivity index (χ2n) is 8.18. The fourth-order valence-corrected chi connectivity index (χ4v) is 5.51. The van der Waals surface area contributed by atoms with Crippen molar-refractivity contribution in [2.24, 2.45) is 11.3 Å². The van der Waals surface area contributed by atoms with Crippen molar-refractivity contribution < 1.29 is 0 Å². The molecule has 2 nitrogen and oxygen atoms in total. The smallest absolute Gasteiger partial charge is 0.00506 e. The van der Waals surface area contributed by atoms with E-state index >= 15 is 0 Å². The van der Waals surface area contributed by atoms with E-state index in [0.29, 0.717) is 0 Å². The SMILES string of the molecule is CSC1CCC2(CC1)CN(CC1CCN(C(C)C)CC1)C2. The predicted molar refractivity (Wildman–Crippen MR) is 94.1 cm³/mol. The molecule has 2 saturated heterocycles. The Morgan fingerprint density at radius 2 is 1.67 bits per heavy atom. The summed E-state index contributed by atoms with van der Waals surface area (Å²) in [5.74, 6) is 0.972. The molecule has 0 N–H and O–H groups in total. The maximum atomic E-state index is 2.77. The first kappa shape index (κ1) is 16.1. The number of nitrogens with zero attached hydrogens (tertiary/aromatic N) is 2. The number of thioether (sulfide) groups is 1. The van der Waals surface area contributed by atoms with Gasteiger partial charge in [0, 0.05) is 30.9 Å². The summed E-state index contributed by atoms with van der Waals surface area (Å²) in [6, 6.07) is 0.741. The molecule has 2 aliphatic heterocycles. The van der Waals surface area contributed by atoms with Crippen molar-refractivity contribution in [3.05, 3.63) is 0 Å². The number of piperidine rings is 1. The third-order valence-electron chi connectivity index (χ3n) is 6.34. The van der Waals surface area contributed by atoms with E-state index in [1.54, 1.807) is 0 Å². The second kappa shape index (κ2) is 6.80. The standard InChI is InChI=1S/C18H34N2S/c1-15(2)20-10-6-16(7-11-20)12-19-13-18(14-19)8-4-17(21-3)5-9-18/h15-17H,4-14H2,1-3H3. The van der Waals surface area contributed by atoms with E-state index in [4.69, 9.17) is 0 Å². The molecule has 122 valence electrons. The highest BCUT2D eigenvalue weighted by molar-refractivity contribution is 7.99. The van der Waals surface area contributed by atoms with Crippen molar-refractivity contribution in [1.82, 2.24) is 9.80 Å². The van der Waals surface area contributed by atoms with Gasteiger partial charge in [-0.2, -0.15) is 11.8 Å². The zero-order chi connectivity index (χ0) is 14.9. The lowest BCUT2D eigenvalue weighted by atomic mass is 9.68. The lowest BCUT2D eigenvalue weighted by molar-refractivity contribution is -0.0406. The second-order valence-corrected chi connectivity index (χ2v) is 9.32. The molecule has 2 heterocycles. The molecule has 21 heavy (non-hydrogen) atoms. The molecule has 1 aliphatic carbocycles. The molecule has 0 amide bonds. The van der Waals surface area contributed by atoms with Crippen LogP contribution in [0.4, 0.5) is 0 Å². The zero-order valence-corrected chi connectivity index (χ0v) is 15.1. The molecule has 0 aromatic heterocycles. The van der Waals surface area contributed by atoms with Crippen LogP contribution in [0.15, 0.2) is 0 Å². The predicted octanol–water partition coefficient (Wildman–Crippen LogP) is 3.71. The molecule has 0 aromatic carbocycles. The van der Waals surface area contributed by atoms with Crippen LogP contribution in [0.25, 0.3) is 0 Å². The highest BCUT2D eigenvalue weighted by Crippen LogP contribution is 2.46. The van der Waals surface area contributed by atoms with Crippen LogP contribution in [0.2, 0.25) is 0 Å². The summed E-state index contributed by atoms with van der Waals surface area (Å²) >= 11 is 2.09. The molecule has 1 saturated carbocycles. The monoisotopic (exact) mass is 310 g/mol. The third-order valence-corrected chi connectivity index (χ3v) is 7.48. The van der Waals surface area contributed by atoms with Crippen molar-refractivity contribution in [3.63, 3.8) is 0 Å². The summed E-state index contributed by atoms with van der Waals surface area (Å²) < 4.78 is 0. The average Bonchev–Trinajstić information content (AvgIpc) is 2.47. The maximum Gasteiger partial charge on any atom is 0.00506 e. The van der Waals surface area contributed by atoms with Gasteiger partial charge in [-0.15, -0.1) is 0 Å². The van der Waals surface area contributed by atoms with Gasteiger partial charge in [0.05, 0.1) is 0 Å². The molecule has 3 aliphatic rings. The van der Waals surface area contributed by atoms with E-state index in [1.165, 1.54) is 71.2 Å². The fourth-order valence-electron chi connectivity index (χ4n) is 4.80. The van der Waals surface area contributed by atoms with Crippen molar-refractivity contribution in [2.45, 2.75) is 63.7 Å². The van der Waals surface area contributed by atoms with Gasteiger partial charge in [-0.25, -0.2) is 0 Å². The number of rotatable bonds is 4. The van der Waals surface area contributed by atoms with E-state index in [0.717, 1.165) is 22.6 Å². The van der Waals surface area contributed by atoms with Crippen molar-refractivity contribution in [1.29, 1.82) is 0 Å². The van der Waals surface area contributed by atoms with Crippen LogP contribution in [0, 0.1) is 11.3 Å². The Hall–Kier alpha value is 0.270. The summed E-state index contributed by atoms with van der Waals surface area (Å²) in [6.07, 6.45) is 11.1. The average molecular weight is 311 g/mol. The third kappa shape index (κ3) is 3.79. The van der Waals surface area contributed by atoms with E-state index < -0.39 is 0 Å². The molecule has 0 unspecified atom stereocenters. The van der Waals surface area contributed by atoms with Crippen LogP contribution in [-0.4, -0.2) is 60.1 Å². The summed E-state index contributed by atoms with van der Waals surface area (Å²) in [4.78, 5) is 5.42. The van der Waals surface area contributed by atoms with Crippen molar-refractivity contribution in [3.8, 4) is 0 Å². The van der Waals surface area contributed by atoms with Gasteiger partial charge in [0.2, 0.25) is 0 Å². The van der Waals surface area contributed by atoms with E-state index in [-0.39, 0.29) is 0 Å². The molecule has 1 spiro atoms. The van der Waals surface area contributed by atoms with Gasteiger partial charge in [0.25, 0.3) is 0 Å². The summed E-state index contributed by atoms with van der Waals surface area (Å²) in [5.41, 5.74) is 0.741. The number of hydrogen-bond acceptors (Lipinski definition) is 3. The molecule has 3 heteroatoms. The lowest BCUT2D eigenvalue weighted by Crippen LogP contribution is -2.59. The minimum Gasteiger partial charge on any atom is -0.302 e. The molecule has 3 fully saturated rings. The lowest BCUT2D eigenvalue weighted by Gasteiger charge is -2.54. The molecular weight excluding hydrogens is 276 g/mol. The summed E-state index contributed by atoms with van der Waals surface area (Å²) in [5, 5.41) is 0.963. The van der Waals surface area contributed by atoms with Gasteiger partial charge in [-0.05, 0) is 83.1 Å². The van der Waals surface area contributed by atoms with Crippen LogP contribution in [0.1, 0.15) is 52.4 Å². The van der Waals surface area contributed by atoms with Crippen LogP contribution in [0.3, 0.4) is 0 Å².